The second-order valence-electron chi connectivity index (χ2n) is 4.57. The van der Waals surface area contributed by atoms with Crippen molar-refractivity contribution in [2.45, 2.75) is 32.5 Å². The van der Waals surface area contributed by atoms with E-state index in [1.807, 2.05) is 4.68 Å². The average Bonchev–Trinajstić information content (AvgIpc) is 2.78. The van der Waals surface area contributed by atoms with Crippen molar-refractivity contribution in [1.82, 2.24) is 19.7 Å². The Balaban J connectivity index is 2.05. The Morgan fingerprint density at radius 3 is 3.12 bits per heavy atom. The van der Waals surface area contributed by atoms with Gasteiger partial charge in [0.25, 0.3) is 0 Å². The molecule has 96 valence electrons. The summed E-state index contributed by atoms with van der Waals surface area (Å²) in [6, 6.07) is 0.616. The van der Waals surface area contributed by atoms with Gasteiger partial charge in [0, 0.05) is 24.5 Å². The normalized spacial score (nSPS) is 22.2. The molecule has 1 saturated heterocycles. The number of halogens is 1. The van der Waals surface area contributed by atoms with Crippen molar-refractivity contribution in [2.75, 3.05) is 25.6 Å². The van der Waals surface area contributed by atoms with Crippen LogP contribution in [0.4, 0.5) is 0 Å². The average molecular weight is 259 g/mol. The molecule has 5 nitrogen and oxygen atoms in total. The molecule has 0 radical (unpaired) electrons. The highest BCUT2D eigenvalue weighted by molar-refractivity contribution is 6.18. The van der Waals surface area contributed by atoms with Gasteiger partial charge in [-0.05, 0) is 13.8 Å². The molecule has 17 heavy (non-hydrogen) atoms. The summed E-state index contributed by atoms with van der Waals surface area (Å²) in [4.78, 5) is 6.65. The Morgan fingerprint density at radius 2 is 2.41 bits per heavy atom. The van der Waals surface area contributed by atoms with Crippen LogP contribution in [0.3, 0.4) is 0 Å². The number of aromatic nitrogens is 3. The van der Waals surface area contributed by atoms with Crippen molar-refractivity contribution in [3.8, 4) is 0 Å². The van der Waals surface area contributed by atoms with E-state index in [2.05, 4.69) is 28.8 Å². The van der Waals surface area contributed by atoms with Gasteiger partial charge in [0.15, 0.2) is 0 Å². The standard InChI is InChI=1S/C11H19ClN4O/c1-9(2)16-11(13-8-14-16)6-15-3-4-17-7-10(15)5-12/h8-10H,3-7H2,1-2H3. The molecule has 1 aromatic heterocycles. The Kier molecular flexibility index (Phi) is 4.36. The number of alkyl halides is 1. The van der Waals surface area contributed by atoms with Crippen LogP contribution in [0.15, 0.2) is 6.33 Å². The first-order valence-corrected chi connectivity index (χ1v) is 6.52. The monoisotopic (exact) mass is 258 g/mol. The molecule has 6 heteroatoms. The molecule has 1 atom stereocenters. The zero-order valence-corrected chi connectivity index (χ0v) is 11.1. The lowest BCUT2D eigenvalue weighted by Crippen LogP contribution is -2.46. The highest BCUT2D eigenvalue weighted by Crippen LogP contribution is 2.14. The van der Waals surface area contributed by atoms with Gasteiger partial charge in [0.1, 0.15) is 12.2 Å². The molecule has 1 aliphatic heterocycles. The minimum Gasteiger partial charge on any atom is -0.378 e. The molecule has 0 bridgehead atoms. The number of hydrogen-bond acceptors (Lipinski definition) is 4. The first-order valence-electron chi connectivity index (χ1n) is 5.98. The quantitative estimate of drug-likeness (QED) is 0.764. The lowest BCUT2D eigenvalue weighted by molar-refractivity contribution is -0.00486. The molecule has 0 amide bonds. The Morgan fingerprint density at radius 1 is 1.59 bits per heavy atom. The fourth-order valence-electron chi connectivity index (χ4n) is 2.04. The molecule has 1 aliphatic rings. The predicted molar refractivity (Wildman–Crippen MR) is 66.1 cm³/mol. The summed E-state index contributed by atoms with van der Waals surface area (Å²) in [7, 11) is 0. The van der Waals surface area contributed by atoms with Gasteiger partial charge < -0.3 is 4.74 Å². The van der Waals surface area contributed by atoms with Crippen LogP contribution in [-0.2, 0) is 11.3 Å². The van der Waals surface area contributed by atoms with Gasteiger partial charge in [-0.15, -0.1) is 11.6 Å². The van der Waals surface area contributed by atoms with Crippen LogP contribution in [0, 0.1) is 0 Å². The number of nitrogens with zero attached hydrogens (tertiary/aromatic N) is 4. The topological polar surface area (TPSA) is 43.2 Å². The van der Waals surface area contributed by atoms with Gasteiger partial charge in [-0.1, -0.05) is 0 Å². The molecular formula is C11H19ClN4O. The van der Waals surface area contributed by atoms with Gasteiger partial charge in [-0.2, -0.15) is 5.10 Å². The molecule has 0 aliphatic carbocycles. The molecular weight excluding hydrogens is 240 g/mol. The van der Waals surface area contributed by atoms with Gasteiger partial charge in [-0.3, -0.25) is 4.90 Å². The molecule has 1 fully saturated rings. The van der Waals surface area contributed by atoms with E-state index in [1.165, 1.54) is 0 Å². The summed E-state index contributed by atoms with van der Waals surface area (Å²) < 4.78 is 7.39. The first kappa shape index (κ1) is 12.8. The molecule has 0 spiro atoms. The maximum Gasteiger partial charge on any atom is 0.141 e. The molecule has 0 N–H and O–H groups in total. The van der Waals surface area contributed by atoms with E-state index >= 15 is 0 Å². The van der Waals surface area contributed by atoms with Crippen LogP contribution in [0.5, 0.6) is 0 Å². The van der Waals surface area contributed by atoms with E-state index in [0.29, 0.717) is 18.5 Å². The van der Waals surface area contributed by atoms with Crippen LogP contribution in [0.2, 0.25) is 0 Å². The van der Waals surface area contributed by atoms with E-state index in [1.54, 1.807) is 6.33 Å². The minimum atomic E-state index is 0.280. The number of ether oxygens (including phenoxy) is 1. The van der Waals surface area contributed by atoms with E-state index < -0.39 is 0 Å². The Hall–Kier alpha value is -0.650. The molecule has 0 aromatic carbocycles. The third kappa shape index (κ3) is 2.97. The van der Waals surface area contributed by atoms with Crippen molar-refractivity contribution in [2.24, 2.45) is 0 Å². The highest BCUT2D eigenvalue weighted by Gasteiger charge is 2.24. The molecule has 2 rings (SSSR count). The number of morpholine rings is 1. The lowest BCUT2D eigenvalue weighted by atomic mass is 10.2. The SMILES string of the molecule is CC(C)n1ncnc1CN1CCOCC1CCl. The zero-order chi connectivity index (χ0) is 12.3. The van der Waals surface area contributed by atoms with Crippen molar-refractivity contribution in [3.63, 3.8) is 0 Å². The highest BCUT2D eigenvalue weighted by atomic mass is 35.5. The fourth-order valence-corrected chi connectivity index (χ4v) is 2.32. The molecule has 2 heterocycles. The maximum absolute atomic E-state index is 5.95. The van der Waals surface area contributed by atoms with Crippen molar-refractivity contribution in [3.05, 3.63) is 12.2 Å². The molecule has 0 saturated carbocycles. The third-order valence-electron chi connectivity index (χ3n) is 3.01. The summed E-state index contributed by atoms with van der Waals surface area (Å²) in [5.74, 6) is 1.59. The summed E-state index contributed by atoms with van der Waals surface area (Å²) in [6.07, 6.45) is 1.62. The third-order valence-corrected chi connectivity index (χ3v) is 3.36. The van der Waals surface area contributed by atoms with Gasteiger partial charge in [-0.25, -0.2) is 9.67 Å². The van der Waals surface area contributed by atoms with Crippen molar-refractivity contribution >= 4 is 11.6 Å². The Labute approximate surface area is 107 Å². The first-order chi connectivity index (χ1) is 8.22. The summed E-state index contributed by atoms with van der Waals surface area (Å²) in [5.41, 5.74) is 0. The summed E-state index contributed by atoms with van der Waals surface area (Å²) in [6.45, 7) is 7.39. The Bertz CT molecular complexity index is 355. The predicted octanol–water partition coefficient (Wildman–Crippen LogP) is 1.30. The van der Waals surface area contributed by atoms with E-state index in [-0.39, 0.29) is 6.04 Å². The van der Waals surface area contributed by atoms with E-state index in [4.69, 9.17) is 16.3 Å². The largest absolute Gasteiger partial charge is 0.378 e. The van der Waals surface area contributed by atoms with Crippen LogP contribution < -0.4 is 0 Å². The molecule has 1 unspecified atom stereocenters. The van der Waals surface area contributed by atoms with Crippen molar-refractivity contribution in [1.29, 1.82) is 0 Å². The lowest BCUT2D eigenvalue weighted by Gasteiger charge is -2.34. The summed E-state index contributed by atoms with van der Waals surface area (Å²) in [5, 5.41) is 4.25. The van der Waals surface area contributed by atoms with Crippen LogP contribution in [0.1, 0.15) is 25.7 Å². The second kappa shape index (κ2) is 5.80. The fraction of sp³-hybridized carbons (Fsp3) is 0.818. The van der Waals surface area contributed by atoms with Crippen molar-refractivity contribution < 1.29 is 4.74 Å². The summed E-state index contributed by atoms with van der Waals surface area (Å²) >= 11 is 5.95. The number of hydrogen-bond donors (Lipinski definition) is 0. The van der Waals surface area contributed by atoms with Gasteiger partial charge in [0.2, 0.25) is 0 Å². The maximum atomic E-state index is 5.95. The van der Waals surface area contributed by atoms with Gasteiger partial charge in [0.05, 0.1) is 19.8 Å². The van der Waals surface area contributed by atoms with E-state index in [9.17, 15) is 0 Å². The molecule has 1 aromatic rings. The number of rotatable bonds is 4. The smallest absolute Gasteiger partial charge is 0.141 e. The van der Waals surface area contributed by atoms with Crippen LogP contribution >= 0.6 is 11.6 Å². The minimum absolute atomic E-state index is 0.280. The van der Waals surface area contributed by atoms with Crippen LogP contribution in [0.25, 0.3) is 0 Å². The van der Waals surface area contributed by atoms with Crippen LogP contribution in [-0.4, -0.2) is 51.3 Å². The second-order valence-corrected chi connectivity index (χ2v) is 4.88. The zero-order valence-electron chi connectivity index (χ0n) is 10.3. The van der Waals surface area contributed by atoms with E-state index in [0.717, 1.165) is 25.5 Å². The van der Waals surface area contributed by atoms with Gasteiger partial charge >= 0.3 is 0 Å².